The van der Waals surface area contributed by atoms with Crippen LogP contribution in [0.4, 0.5) is 5.00 Å². The molecule has 0 bridgehead atoms. The SMILES string of the molecule is CC(=O)N1CCc2c(sc(NC(=O)CCSc3c(=O)o[nH][n+]3-c3ccccc3)c2C#N)C1. The summed E-state index contributed by atoms with van der Waals surface area (Å²) in [6, 6.07) is 11.4. The molecule has 0 fully saturated rings. The van der Waals surface area contributed by atoms with Gasteiger partial charge in [-0.15, -0.1) is 11.3 Å². The van der Waals surface area contributed by atoms with Gasteiger partial charge in [-0.25, -0.2) is 4.79 Å². The highest BCUT2D eigenvalue weighted by atomic mass is 32.2. The van der Waals surface area contributed by atoms with Crippen molar-refractivity contribution in [3.8, 4) is 11.8 Å². The Morgan fingerprint density at radius 3 is 2.88 bits per heavy atom. The first-order valence-corrected chi connectivity index (χ1v) is 11.7. The number of amides is 2. The number of aromatic amines is 1. The molecule has 3 heterocycles. The predicted octanol–water partition coefficient (Wildman–Crippen LogP) is 2.20. The highest BCUT2D eigenvalue weighted by Crippen LogP contribution is 2.36. The number of H-pyrrole nitrogens is 1. The van der Waals surface area contributed by atoms with Crippen molar-refractivity contribution in [2.45, 2.75) is 31.3 Å². The molecule has 0 saturated heterocycles. The van der Waals surface area contributed by atoms with E-state index in [9.17, 15) is 19.6 Å². The minimum Gasteiger partial charge on any atom is -0.337 e. The van der Waals surface area contributed by atoms with Gasteiger partial charge in [0.25, 0.3) is 0 Å². The van der Waals surface area contributed by atoms with Gasteiger partial charge in [0.1, 0.15) is 11.1 Å². The van der Waals surface area contributed by atoms with Crippen molar-refractivity contribution >= 4 is 39.9 Å². The van der Waals surface area contributed by atoms with E-state index in [0.717, 1.165) is 16.1 Å². The van der Waals surface area contributed by atoms with E-state index < -0.39 is 5.63 Å². The van der Waals surface area contributed by atoms with Gasteiger partial charge in [-0.1, -0.05) is 18.2 Å². The monoisotopic (exact) mass is 470 g/mol. The number of carbonyl (C=O) groups is 2. The van der Waals surface area contributed by atoms with Crippen LogP contribution >= 0.6 is 23.1 Å². The summed E-state index contributed by atoms with van der Waals surface area (Å²) in [5.74, 6) is 0.0983. The third-order valence-corrected chi connectivity index (χ3v) is 7.22. The number of benzene rings is 1. The summed E-state index contributed by atoms with van der Waals surface area (Å²) in [4.78, 5) is 38.9. The molecule has 9 nitrogen and oxygen atoms in total. The Kier molecular flexibility index (Phi) is 6.43. The molecule has 4 rings (SSSR count). The minimum absolute atomic E-state index is 0.00727. The van der Waals surface area contributed by atoms with E-state index in [2.05, 4.69) is 16.7 Å². The first kappa shape index (κ1) is 21.9. The van der Waals surface area contributed by atoms with Crippen LogP contribution in [0, 0.1) is 11.3 Å². The average molecular weight is 471 g/mol. The molecule has 0 aliphatic carbocycles. The largest absolute Gasteiger partial charge is 0.442 e. The van der Waals surface area contributed by atoms with Gasteiger partial charge in [-0.2, -0.15) is 5.26 Å². The maximum Gasteiger partial charge on any atom is 0.442 e. The fourth-order valence-corrected chi connectivity index (χ4v) is 5.58. The van der Waals surface area contributed by atoms with Crippen molar-refractivity contribution in [3.05, 3.63) is 56.8 Å². The standard InChI is InChI=1S/C21H19N5O4S2/c1-13(27)25-9-7-15-16(11-22)19(32-17(15)12-25)23-18(28)8-10-31-20-21(29)30-24-26(20)14-5-3-2-4-6-14/h2-6H,7-10,12H2,1H3,(H-,23,24,28,29)/p+1. The average Bonchev–Trinajstić information content (AvgIpc) is 3.33. The van der Waals surface area contributed by atoms with Crippen LogP contribution in [0.15, 0.2) is 44.7 Å². The second-order valence-corrected chi connectivity index (χ2v) is 9.30. The fraction of sp³-hybridized carbons (Fsp3) is 0.286. The van der Waals surface area contributed by atoms with Crippen molar-refractivity contribution in [2.75, 3.05) is 17.6 Å². The number of thioether (sulfide) groups is 1. The molecule has 0 atom stereocenters. The number of carbonyl (C=O) groups excluding carboxylic acids is 2. The lowest BCUT2D eigenvalue weighted by atomic mass is 10.0. The maximum atomic E-state index is 12.5. The summed E-state index contributed by atoms with van der Waals surface area (Å²) in [5.41, 5.74) is 1.62. The van der Waals surface area contributed by atoms with Gasteiger partial charge in [-0.05, 0) is 33.7 Å². The number of hydrogen-bond acceptors (Lipinski definition) is 7. The number of nitrogens with one attached hydrogen (secondary N) is 2. The van der Waals surface area contributed by atoms with E-state index in [1.54, 1.807) is 4.90 Å². The molecule has 0 unspecified atom stereocenters. The van der Waals surface area contributed by atoms with Gasteiger partial charge in [-0.3, -0.25) is 14.1 Å². The van der Waals surface area contributed by atoms with Crippen molar-refractivity contribution in [2.24, 2.45) is 0 Å². The number of rotatable bonds is 6. The zero-order valence-corrected chi connectivity index (χ0v) is 18.8. The van der Waals surface area contributed by atoms with E-state index in [0.29, 0.717) is 40.9 Å². The van der Waals surface area contributed by atoms with Gasteiger partial charge in [0, 0.05) is 42.7 Å². The summed E-state index contributed by atoms with van der Waals surface area (Å²) in [6.45, 7) is 2.55. The Hall–Kier alpha value is -3.36. The predicted molar refractivity (Wildman–Crippen MR) is 119 cm³/mol. The summed E-state index contributed by atoms with van der Waals surface area (Å²) in [6.07, 6.45) is 0.750. The van der Waals surface area contributed by atoms with Gasteiger partial charge in [0.05, 0.1) is 12.1 Å². The number of hydrogen-bond donors (Lipinski definition) is 2. The van der Waals surface area contributed by atoms with Crippen LogP contribution < -0.4 is 15.6 Å². The molecule has 2 N–H and O–H groups in total. The quantitative estimate of drug-likeness (QED) is 0.421. The summed E-state index contributed by atoms with van der Waals surface area (Å²) < 4.78 is 6.44. The number of nitriles is 1. The van der Waals surface area contributed by atoms with Crippen LogP contribution in [0.2, 0.25) is 0 Å². The van der Waals surface area contributed by atoms with E-state index in [-0.39, 0.29) is 18.2 Å². The van der Waals surface area contributed by atoms with Crippen LogP contribution in [0.1, 0.15) is 29.3 Å². The van der Waals surface area contributed by atoms with Crippen molar-refractivity contribution in [1.29, 1.82) is 5.26 Å². The first-order valence-electron chi connectivity index (χ1n) is 9.89. The van der Waals surface area contributed by atoms with Crippen molar-refractivity contribution in [3.63, 3.8) is 0 Å². The smallest absolute Gasteiger partial charge is 0.337 e. The molecule has 32 heavy (non-hydrogen) atoms. The van der Waals surface area contributed by atoms with E-state index in [4.69, 9.17) is 4.52 Å². The normalized spacial score (nSPS) is 12.8. The molecule has 0 radical (unpaired) electrons. The number of nitrogens with zero attached hydrogens (tertiary/aromatic N) is 3. The van der Waals surface area contributed by atoms with Crippen LogP contribution in [-0.4, -0.2) is 34.3 Å². The summed E-state index contributed by atoms with van der Waals surface area (Å²) in [5, 5.41) is 15.8. The molecule has 1 aliphatic rings. The van der Waals surface area contributed by atoms with Crippen LogP contribution in [0.25, 0.3) is 5.69 Å². The van der Waals surface area contributed by atoms with Crippen molar-refractivity contribution in [1.82, 2.24) is 10.2 Å². The number of aromatic nitrogens is 2. The molecule has 1 aliphatic heterocycles. The first-order chi connectivity index (χ1) is 15.5. The molecule has 2 amide bonds. The molecular weight excluding hydrogens is 450 g/mol. The summed E-state index contributed by atoms with van der Waals surface area (Å²) in [7, 11) is 0. The van der Waals surface area contributed by atoms with E-state index in [1.165, 1.54) is 34.7 Å². The molecule has 1 aromatic carbocycles. The Balaban J connectivity index is 1.40. The number of thiophene rings is 1. The topological polar surface area (TPSA) is 123 Å². The van der Waals surface area contributed by atoms with Gasteiger partial charge in [0.2, 0.25) is 17.5 Å². The highest BCUT2D eigenvalue weighted by molar-refractivity contribution is 7.99. The highest BCUT2D eigenvalue weighted by Gasteiger charge is 2.27. The number of fused-ring (bicyclic) bond motifs is 1. The third-order valence-electron chi connectivity index (χ3n) is 5.06. The Labute approximate surface area is 191 Å². The van der Waals surface area contributed by atoms with Gasteiger partial charge < -0.3 is 10.2 Å². The molecule has 0 saturated carbocycles. The molecule has 0 spiro atoms. The lowest BCUT2D eigenvalue weighted by Gasteiger charge is -2.25. The van der Waals surface area contributed by atoms with Gasteiger partial charge in [0.15, 0.2) is 0 Å². The number of para-hydroxylation sites is 1. The fourth-order valence-electron chi connectivity index (χ4n) is 3.44. The molecular formula is C21H20N5O4S2+. The zero-order chi connectivity index (χ0) is 22.7. The van der Waals surface area contributed by atoms with E-state index in [1.807, 2.05) is 30.3 Å². The van der Waals surface area contributed by atoms with Crippen LogP contribution in [0.3, 0.4) is 0 Å². The molecule has 164 valence electrons. The Bertz CT molecular complexity index is 1260. The summed E-state index contributed by atoms with van der Waals surface area (Å²) >= 11 is 2.55. The lowest BCUT2D eigenvalue weighted by molar-refractivity contribution is -0.704. The molecule has 3 aromatic rings. The third kappa shape index (κ3) is 4.46. The lowest BCUT2D eigenvalue weighted by Crippen LogP contribution is -2.36. The minimum atomic E-state index is -0.507. The second-order valence-electron chi connectivity index (χ2n) is 7.11. The molecule has 2 aromatic heterocycles. The number of anilines is 1. The second kappa shape index (κ2) is 9.42. The Morgan fingerprint density at radius 2 is 2.16 bits per heavy atom. The van der Waals surface area contributed by atoms with Crippen LogP contribution in [0.5, 0.6) is 0 Å². The maximum absolute atomic E-state index is 12.5. The Morgan fingerprint density at radius 1 is 1.38 bits per heavy atom. The van der Waals surface area contributed by atoms with Crippen LogP contribution in [-0.2, 0) is 22.6 Å². The van der Waals surface area contributed by atoms with Gasteiger partial charge >= 0.3 is 10.7 Å². The molecule has 11 heteroatoms. The zero-order valence-electron chi connectivity index (χ0n) is 17.2. The van der Waals surface area contributed by atoms with E-state index >= 15 is 0 Å². The van der Waals surface area contributed by atoms with Crippen molar-refractivity contribution < 1.29 is 18.8 Å².